The molecule has 0 amide bonds. The normalized spacial score (nSPS) is 13.2. The highest BCUT2D eigenvalue weighted by atomic mass is 15.3. The Morgan fingerprint density at radius 3 is 2.61 bits per heavy atom. The predicted molar refractivity (Wildman–Crippen MR) is 73.4 cm³/mol. The molecule has 4 heteroatoms. The van der Waals surface area contributed by atoms with Gasteiger partial charge in [0.15, 0.2) is 0 Å². The molecule has 2 aromatic rings. The summed E-state index contributed by atoms with van der Waals surface area (Å²) in [6.07, 6.45) is 6.30. The summed E-state index contributed by atoms with van der Waals surface area (Å²) >= 11 is 0. The van der Waals surface area contributed by atoms with Crippen LogP contribution in [0.3, 0.4) is 0 Å². The van der Waals surface area contributed by atoms with Gasteiger partial charge in [-0.25, -0.2) is 0 Å². The summed E-state index contributed by atoms with van der Waals surface area (Å²) in [7, 11) is 3.96. The molecule has 0 radical (unpaired) electrons. The standard InChI is InChI=1S/C14H22N4/c1-11(2)14(15-3)12-5-8-18(9-12)10-13-6-7-17(4)16-13/h5-9,11,14-15H,10H2,1-4H3. The monoisotopic (exact) mass is 246 g/mol. The number of rotatable bonds is 5. The number of nitrogens with one attached hydrogen (secondary N) is 1. The van der Waals surface area contributed by atoms with E-state index in [-0.39, 0.29) is 0 Å². The Morgan fingerprint density at radius 1 is 1.28 bits per heavy atom. The summed E-state index contributed by atoms with van der Waals surface area (Å²) in [5, 5.41) is 7.76. The van der Waals surface area contributed by atoms with Crippen LogP contribution in [0.1, 0.15) is 31.1 Å². The van der Waals surface area contributed by atoms with Crippen molar-refractivity contribution in [2.45, 2.75) is 26.4 Å². The molecule has 18 heavy (non-hydrogen) atoms. The van der Waals surface area contributed by atoms with Gasteiger partial charge in [0, 0.05) is 31.7 Å². The van der Waals surface area contributed by atoms with Crippen LogP contribution < -0.4 is 5.32 Å². The molecule has 0 aromatic carbocycles. The Balaban J connectivity index is 2.10. The maximum absolute atomic E-state index is 4.40. The van der Waals surface area contributed by atoms with Crippen molar-refractivity contribution in [2.75, 3.05) is 7.05 Å². The molecule has 0 fully saturated rings. The van der Waals surface area contributed by atoms with Crippen LogP contribution in [0.2, 0.25) is 0 Å². The molecule has 0 saturated heterocycles. The highest BCUT2D eigenvalue weighted by Crippen LogP contribution is 2.21. The van der Waals surface area contributed by atoms with Crippen molar-refractivity contribution >= 4 is 0 Å². The van der Waals surface area contributed by atoms with Gasteiger partial charge in [0.2, 0.25) is 0 Å². The van der Waals surface area contributed by atoms with Crippen LogP contribution in [0, 0.1) is 5.92 Å². The fraction of sp³-hybridized carbons (Fsp3) is 0.500. The third kappa shape index (κ3) is 2.82. The van der Waals surface area contributed by atoms with E-state index in [1.807, 2.05) is 25.0 Å². The Morgan fingerprint density at radius 2 is 2.06 bits per heavy atom. The molecule has 2 rings (SSSR count). The molecule has 0 spiro atoms. The lowest BCUT2D eigenvalue weighted by atomic mass is 9.99. The highest BCUT2D eigenvalue weighted by Gasteiger charge is 2.14. The van der Waals surface area contributed by atoms with Crippen LogP contribution >= 0.6 is 0 Å². The summed E-state index contributed by atoms with van der Waals surface area (Å²) in [4.78, 5) is 0. The molecule has 2 aromatic heterocycles. The van der Waals surface area contributed by atoms with E-state index in [1.165, 1.54) is 5.56 Å². The second-order valence-electron chi connectivity index (χ2n) is 5.11. The fourth-order valence-electron chi connectivity index (χ4n) is 2.36. The molecule has 1 unspecified atom stereocenters. The number of aryl methyl sites for hydroxylation is 1. The molecule has 1 atom stereocenters. The molecular weight excluding hydrogens is 224 g/mol. The van der Waals surface area contributed by atoms with Gasteiger partial charge in [-0.3, -0.25) is 4.68 Å². The molecule has 4 nitrogen and oxygen atoms in total. The Bertz CT molecular complexity index is 495. The van der Waals surface area contributed by atoms with Crippen LogP contribution in [0.25, 0.3) is 0 Å². The average Bonchev–Trinajstić information content (AvgIpc) is 2.90. The molecule has 0 aliphatic rings. The number of nitrogens with zero attached hydrogens (tertiary/aromatic N) is 3. The SMILES string of the molecule is CNC(c1ccn(Cc2ccn(C)n2)c1)C(C)C. The fourth-order valence-corrected chi connectivity index (χ4v) is 2.36. The van der Waals surface area contributed by atoms with Gasteiger partial charge in [-0.15, -0.1) is 0 Å². The zero-order valence-corrected chi connectivity index (χ0v) is 11.6. The first-order chi connectivity index (χ1) is 8.60. The summed E-state index contributed by atoms with van der Waals surface area (Å²) in [5.41, 5.74) is 2.42. The maximum atomic E-state index is 4.40. The van der Waals surface area contributed by atoms with Gasteiger partial charge in [-0.05, 0) is 30.7 Å². The van der Waals surface area contributed by atoms with Gasteiger partial charge in [0.25, 0.3) is 0 Å². The molecule has 98 valence electrons. The first-order valence-electron chi connectivity index (χ1n) is 6.41. The van der Waals surface area contributed by atoms with Gasteiger partial charge in [0.05, 0.1) is 12.2 Å². The van der Waals surface area contributed by atoms with Crippen LogP contribution in [-0.4, -0.2) is 21.4 Å². The zero-order chi connectivity index (χ0) is 13.1. The number of hydrogen-bond donors (Lipinski definition) is 1. The first-order valence-corrected chi connectivity index (χ1v) is 6.41. The summed E-state index contributed by atoms with van der Waals surface area (Å²) < 4.78 is 4.02. The average molecular weight is 246 g/mol. The molecule has 0 saturated carbocycles. The van der Waals surface area contributed by atoms with E-state index in [9.17, 15) is 0 Å². The van der Waals surface area contributed by atoms with Gasteiger partial charge in [-0.1, -0.05) is 13.8 Å². The van der Waals surface area contributed by atoms with E-state index >= 15 is 0 Å². The van der Waals surface area contributed by atoms with Crippen molar-refractivity contribution in [3.63, 3.8) is 0 Å². The topological polar surface area (TPSA) is 34.8 Å². The second kappa shape index (κ2) is 5.40. The van der Waals surface area contributed by atoms with Crippen LogP contribution in [-0.2, 0) is 13.6 Å². The highest BCUT2D eigenvalue weighted by molar-refractivity contribution is 5.17. The molecular formula is C14H22N4. The van der Waals surface area contributed by atoms with E-state index in [0.717, 1.165) is 12.2 Å². The zero-order valence-electron chi connectivity index (χ0n) is 11.6. The summed E-state index contributed by atoms with van der Waals surface area (Å²) in [6.45, 7) is 5.30. The Kier molecular flexibility index (Phi) is 3.87. The predicted octanol–water partition coefficient (Wildman–Crippen LogP) is 2.19. The van der Waals surface area contributed by atoms with Gasteiger partial charge < -0.3 is 9.88 Å². The summed E-state index contributed by atoms with van der Waals surface area (Å²) in [5.74, 6) is 0.584. The van der Waals surface area contributed by atoms with Crippen LogP contribution in [0.15, 0.2) is 30.7 Å². The third-order valence-electron chi connectivity index (χ3n) is 3.22. The van der Waals surface area contributed by atoms with Gasteiger partial charge in [-0.2, -0.15) is 5.10 Å². The minimum absolute atomic E-state index is 0.412. The number of aromatic nitrogens is 3. The lowest BCUT2D eigenvalue weighted by Crippen LogP contribution is -2.21. The van der Waals surface area contributed by atoms with E-state index in [0.29, 0.717) is 12.0 Å². The lowest BCUT2D eigenvalue weighted by molar-refractivity contribution is 0.442. The molecule has 2 heterocycles. The Hall–Kier alpha value is -1.55. The number of hydrogen-bond acceptors (Lipinski definition) is 2. The molecule has 0 bridgehead atoms. The molecule has 1 N–H and O–H groups in total. The van der Waals surface area contributed by atoms with E-state index in [4.69, 9.17) is 0 Å². The van der Waals surface area contributed by atoms with Crippen LogP contribution in [0.5, 0.6) is 0 Å². The van der Waals surface area contributed by atoms with Gasteiger partial charge in [0.1, 0.15) is 0 Å². The minimum atomic E-state index is 0.412. The molecule has 0 aliphatic heterocycles. The quantitative estimate of drug-likeness (QED) is 0.877. The van der Waals surface area contributed by atoms with Crippen molar-refractivity contribution in [1.29, 1.82) is 0 Å². The largest absolute Gasteiger partial charge is 0.348 e. The smallest absolute Gasteiger partial charge is 0.0821 e. The van der Waals surface area contributed by atoms with Crippen molar-refractivity contribution < 1.29 is 0 Å². The van der Waals surface area contributed by atoms with Crippen molar-refractivity contribution in [3.05, 3.63) is 42.0 Å². The Labute approximate surface area is 109 Å². The van der Waals surface area contributed by atoms with Gasteiger partial charge >= 0.3 is 0 Å². The van der Waals surface area contributed by atoms with Crippen molar-refractivity contribution in [1.82, 2.24) is 19.7 Å². The first kappa shape index (κ1) is 12.9. The second-order valence-corrected chi connectivity index (χ2v) is 5.11. The van der Waals surface area contributed by atoms with E-state index < -0.39 is 0 Å². The van der Waals surface area contributed by atoms with Crippen LogP contribution in [0.4, 0.5) is 0 Å². The molecule has 0 aliphatic carbocycles. The van der Waals surface area contributed by atoms with Crippen molar-refractivity contribution in [2.24, 2.45) is 13.0 Å². The summed E-state index contributed by atoms with van der Waals surface area (Å²) in [6, 6.07) is 4.65. The van der Waals surface area contributed by atoms with E-state index in [2.05, 4.69) is 53.4 Å². The minimum Gasteiger partial charge on any atom is -0.348 e. The third-order valence-corrected chi connectivity index (χ3v) is 3.22. The van der Waals surface area contributed by atoms with Crippen molar-refractivity contribution in [3.8, 4) is 0 Å². The maximum Gasteiger partial charge on any atom is 0.0821 e. The lowest BCUT2D eigenvalue weighted by Gasteiger charge is -2.18. The van der Waals surface area contributed by atoms with E-state index in [1.54, 1.807) is 0 Å².